The molecule has 0 aromatic heterocycles. The number of halogens is 1. The largest absolute Gasteiger partial charge is 0.341 e. The third kappa shape index (κ3) is 4.08. The lowest BCUT2D eigenvalue weighted by molar-refractivity contribution is 0.738. The average molecular weight is 347 g/mol. The van der Waals surface area contributed by atoms with E-state index in [1.807, 2.05) is 6.92 Å². The van der Waals surface area contributed by atoms with Crippen molar-refractivity contribution in [1.29, 1.82) is 0 Å². The lowest BCUT2D eigenvalue weighted by Gasteiger charge is -2.25. The SMILES string of the molecule is CCN(c1ccc(C)cc1)c1ccc(CC(C)N)cc1Br. The number of rotatable bonds is 5. The van der Waals surface area contributed by atoms with Gasteiger partial charge in [-0.15, -0.1) is 0 Å². The Morgan fingerprint density at radius 1 is 1.14 bits per heavy atom. The van der Waals surface area contributed by atoms with Crippen molar-refractivity contribution in [2.24, 2.45) is 5.73 Å². The minimum atomic E-state index is 0.183. The van der Waals surface area contributed by atoms with Crippen LogP contribution in [0.2, 0.25) is 0 Å². The van der Waals surface area contributed by atoms with Gasteiger partial charge in [0, 0.05) is 22.7 Å². The van der Waals surface area contributed by atoms with Crippen molar-refractivity contribution in [3.63, 3.8) is 0 Å². The normalized spacial score (nSPS) is 12.2. The van der Waals surface area contributed by atoms with Crippen LogP contribution in [-0.2, 0) is 6.42 Å². The Bertz CT molecular complexity index is 591. The van der Waals surface area contributed by atoms with Crippen molar-refractivity contribution < 1.29 is 0 Å². The Hall–Kier alpha value is -1.32. The highest BCUT2D eigenvalue weighted by Crippen LogP contribution is 2.33. The summed E-state index contributed by atoms with van der Waals surface area (Å²) in [6.07, 6.45) is 0.898. The first-order valence-electron chi connectivity index (χ1n) is 7.39. The average Bonchev–Trinajstić information content (AvgIpc) is 2.43. The molecule has 0 fully saturated rings. The second-order valence-corrected chi connectivity index (χ2v) is 6.40. The lowest BCUT2D eigenvalue weighted by Crippen LogP contribution is -2.19. The minimum absolute atomic E-state index is 0.183. The topological polar surface area (TPSA) is 29.3 Å². The summed E-state index contributed by atoms with van der Waals surface area (Å²) in [5.74, 6) is 0. The van der Waals surface area contributed by atoms with Gasteiger partial charge in [0.1, 0.15) is 0 Å². The van der Waals surface area contributed by atoms with Gasteiger partial charge in [-0.3, -0.25) is 0 Å². The summed E-state index contributed by atoms with van der Waals surface area (Å²) in [6.45, 7) is 7.24. The Morgan fingerprint density at radius 3 is 2.33 bits per heavy atom. The molecule has 0 aliphatic rings. The molecule has 0 heterocycles. The molecule has 2 aromatic carbocycles. The molecule has 0 radical (unpaired) electrons. The van der Waals surface area contributed by atoms with E-state index in [4.69, 9.17) is 5.73 Å². The van der Waals surface area contributed by atoms with E-state index >= 15 is 0 Å². The van der Waals surface area contributed by atoms with Crippen molar-refractivity contribution in [2.45, 2.75) is 33.2 Å². The van der Waals surface area contributed by atoms with E-state index in [1.54, 1.807) is 0 Å². The molecule has 0 amide bonds. The van der Waals surface area contributed by atoms with Crippen LogP contribution in [0.25, 0.3) is 0 Å². The smallest absolute Gasteiger partial charge is 0.0555 e. The van der Waals surface area contributed by atoms with Crippen LogP contribution in [0.5, 0.6) is 0 Å². The monoisotopic (exact) mass is 346 g/mol. The summed E-state index contributed by atoms with van der Waals surface area (Å²) in [6, 6.07) is 15.3. The predicted octanol–water partition coefficient (Wildman–Crippen LogP) is 4.81. The molecular weight excluding hydrogens is 324 g/mol. The molecule has 2 N–H and O–H groups in total. The molecule has 0 saturated heterocycles. The summed E-state index contributed by atoms with van der Waals surface area (Å²) in [4.78, 5) is 2.30. The maximum Gasteiger partial charge on any atom is 0.0555 e. The maximum atomic E-state index is 5.88. The van der Waals surface area contributed by atoms with Crippen molar-refractivity contribution in [3.8, 4) is 0 Å². The van der Waals surface area contributed by atoms with Crippen molar-refractivity contribution >= 4 is 27.3 Å². The first kappa shape index (κ1) is 16.1. The van der Waals surface area contributed by atoms with Crippen LogP contribution in [0.3, 0.4) is 0 Å². The zero-order valence-electron chi connectivity index (χ0n) is 12.9. The van der Waals surface area contributed by atoms with Gasteiger partial charge in [-0.1, -0.05) is 23.8 Å². The van der Waals surface area contributed by atoms with Crippen LogP contribution < -0.4 is 10.6 Å². The van der Waals surface area contributed by atoms with Crippen LogP contribution in [0.1, 0.15) is 25.0 Å². The van der Waals surface area contributed by atoms with Gasteiger partial charge in [-0.25, -0.2) is 0 Å². The fourth-order valence-electron chi connectivity index (χ4n) is 2.48. The first-order chi connectivity index (χ1) is 10.0. The Labute approximate surface area is 136 Å². The molecule has 112 valence electrons. The van der Waals surface area contributed by atoms with Crippen LogP contribution in [-0.4, -0.2) is 12.6 Å². The van der Waals surface area contributed by atoms with Gasteiger partial charge in [0.05, 0.1) is 5.69 Å². The van der Waals surface area contributed by atoms with Crippen molar-refractivity contribution in [2.75, 3.05) is 11.4 Å². The molecule has 1 unspecified atom stereocenters. The molecule has 0 spiro atoms. The second-order valence-electron chi connectivity index (χ2n) is 5.55. The van der Waals surface area contributed by atoms with Gasteiger partial charge in [-0.2, -0.15) is 0 Å². The Morgan fingerprint density at radius 2 is 1.81 bits per heavy atom. The highest BCUT2D eigenvalue weighted by molar-refractivity contribution is 9.10. The van der Waals surface area contributed by atoms with Gasteiger partial charge in [0.25, 0.3) is 0 Å². The summed E-state index contributed by atoms with van der Waals surface area (Å²) < 4.78 is 1.11. The third-order valence-electron chi connectivity index (χ3n) is 3.52. The van der Waals surface area contributed by atoms with Gasteiger partial charge < -0.3 is 10.6 Å². The molecule has 0 bridgehead atoms. The van der Waals surface area contributed by atoms with Crippen LogP contribution in [0.15, 0.2) is 46.9 Å². The van der Waals surface area contributed by atoms with Crippen molar-refractivity contribution in [3.05, 3.63) is 58.1 Å². The highest BCUT2D eigenvalue weighted by atomic mass is 79.9. The molecule has 0 aliphatic carbocycles. The van der Waals surface area contributed by atoms with Gasteiger partial charge >= 0.3 is 0 Å². The molecule has 21 heavy (non-hydrogen) atoms. The molecule has 1 atom stereocenters. The van der Waals surface area contributed by atoms with Gasteiger partial charge in [-0.05, 0) is 73.0 Å². The third-order valence-corrected chi connectivity index (χ3v) is 4.16. The molecule has 3 heteroatoms. The summed E-state index contributed by atoms with van der Waals surface area (Å²) >= 11 is 3.71. The van der Waals surface area contributed by atoms with E-state index in [1.165, 1.54) is 22.5 Å². The van der Waals surface area contributed by atoms with E-state index in [0.717, 1.165) is 17.4 Å². The number of aryl methyl sites for hydroxylation is 1. The molecule has 2 rings (SSSR count). The predicted molar refractivity (Wildman–Crippen MR) is 95.4 cm³/mol. The number of nitrogens with two attached hydrogens (primary N) is 1. The Kier molecular flexibility index (Phi) is 5.43. The minimum Gasteiger partial charge on any atom is -0.341 e. The van der Waals surface area contributed by atoms with Crippen LogP contribution in [0.4, 0.5) is 11.4 Å². The fraction of sp³-hybridized carbons (Fsp3) is 0.333. The van der Waals surface area contributed by atoms with Gasteiger partial charge in [0.2, 0.25) is 0 Å². The fourth-order valence-corrected chi connectivity index (χ4v) is 3.13. The second kappa shape index (κ2) is 7.10. The molecule has 0 aliphatic heterocycles. The molecule has 2 aromatic rings. The zero-order valence-corrected chi connectivity index (χ0v) is 14.5. The number of nitrogens with zero attached hydrogens (tertiary/aromatic N) is 1. The van der Waals surface area contributed by atoms with E-state index in [0.29, 0.717) is 0 Å². The van der Waals surface area contributed by atoms with Gasteiger partial charge in [0.15, 0.2) is 0 Å². The number of hydrogen-bond acceptors (Lipinski definition) is 2. The molecule has 2 nitrogen and oxygen atoms in total. The number of hydrogen-bond donors (Lipinski definition) is 1. The van der Waals surface area contributed by atoms with E-state index < -0.39 is 0 Å². The highest BCUT2D eigenvalue weighted by Gasteiger charge is 2.11. The summed E-state index contributed by atoms with van der Waals surface area (Å²) in [5.41, 5.74) is 10.8. The maximum absolute atomic E-state index is 5.88. The van der Waals surface area contributed by atoms with Crippen molar-refractivity contribution in [1.82, 2.24) is 0 Å². The Balaban J connectivity index is 2.32. The van der Waals surface area contributed by atoms with E-state index in [-0.39, 0.29) is 6.04 Å². The van der Waals surface area contributed by atoms with E-state index in [9.17, 15) is 0 Å². The summed E-state index contributed by atoms with van der Waals surface area (Å²) in [5, 5.41) is 0. The van der Waals surface area contributed by atoms with Crippen LogP contribution >= 0.6 is 15.9 Å². The van der Waals surface area contributed by atoms with Crippen LogP contribution in [0, 0.1) is 6.92 Å². The standard InChI is InChI=1S/C18H23BrN2/c1-4-21(16-8-5-13(2)6-9-16)18-10-7-15(11-14(3)20)12-17(18)19/h5-10,12,14H,4,11,20H2,1-3H3. The number of anilines is 2. The molecular formula is C18H23BrN2. The quantitative estimate of drug-likeness (QED) is 0.841. The lowest BCUT2D eigenvalue weighted by atomic mass is 10.1. The number of benzene rings is 2. The van der Waals surface area contributed by atoms with E-state index in [2.05, 4.69) is 77.1 Å². The summed E-state index contributed by atoms with van der Waals surface area (Å²) in [7, 11) is 0. The first-order valence-corrected chi connectivity index (χ1v) is 8.18. The zero-order chi connectivity index (χ0) is 15.4. The molecule has 0 saturated carbocycles.